The maximum atomic E-state index is 11.5. The van der Waals surface area contributed by atoms with Gasteiger partial charge in [0, 0.05) is 38.6 Å². The number of hydrogen-bond donors (Lipinski definition) is 2. The van der Waals surface area contributed by atoms with E-state index in [9.17, 15) is 4.79 Å². The van der Waals surface area contributed by atoms with Crippen LogP contribution in [-0.2, 0) is 11.3 Å². The molecule has 118 valence electrons. The molecular formula is C16H26ClN3O. The Morgan fingerprint density at radius 2 is 2.00 bits per heavy atom. The summed E-state index contributed by atoms with van der Waals surface area (Å²) in [6.07, 6.45) is 2.49. The first-order valence-electron chi connectivity index (χ1n) is 7.45. The lowest BCUT2D eigenvalue weighted by Crippen LogP contribution is -2.44. The Labute approximate surface area is 133 Å². The SMILES string of the molecule is Cc1ccccc1CN1CCC(NC(=O)CCN)CC1.Cl. The van der Waals surface area contributed by atoms with Gasteiger partial charge in [-0.15, -0.1) is 12.4 Å². The number of carbonyl (C=O) groups excluding carboxylic acids is 1. The number of halogens is 1. The van der Waals surface area contributed by atoms with E-state index in [1.54, 1.807) is 0 Å². The summed E-state index contributed by atoms with van der Waals surface area (Å²) in [5.74, 6) is 0.0878. The van der Waals surface area contributed by atoms with Crippen LogP contribution in [-0.4, -0.2) is 36.5 Å². The second-order valence-electron chi connectivity index (χ2n) is 5.58. The molecule has 4 nitrogen and oxygen atoms in total. The zero-order chi connectivity index (χ0) is 14.4. The molecule has 5 heteroatoms. The largest absolute Gasteiger partial charge is 0.353 e. The lowest BCUT2D eigenvalue weighted by Gasteiger charge is -2.32. The van der Waals surface area contributed by atoms with Gasteiger partial charge in [0.2, 0.25) is 5.91 Å². The molecule has 1 aromatic carbocycles. The number of amides is 1. The van der Waals surface area contributed by atoms with E-state index in [2.05, 4.69) is 41.4 Å². The third kappa shape index (κ3) is 5.65. The van der Waals surface area contributed by atoms with E-state index >= 15 is 0 Å². The molecule has 0 saturated carbocycles. The standard InChI is InChI=1S/C16H25N3O.ClH/c1-13-4-2-3-5-14(13)12-19-10-7-15(8-11-19)18-16(20)6-9-17;/h2-5,15H,6-12,17H2,1H3,(H,18,20);1H. The van der Waals surface area contributed by atoms with Crippen LogP contribution in [0, 0.1) is 6.92 Å². The molecule has 1 aliphatic heterocycles. The lowest BCUT2D eigenvalue weighted by atomic mass is 10.0. The Bertz CT molecular complexity index is 445. The summed E-state index contributed by atoms with van der Waals surface area (Å²) >= 11 is 0. The van der Waals surface area contributed by atoms with Crippen LogP contribution in [0.2, 0.25) is 0 Å². The molecule has 0 aromatic heterocycles. The third-order valence-corrected chi connectivity index (χ3v) is 3.98. The summed E-state index contributed by atoms with van der Waals surface area (Å²) in [5.41, 5.74) is 8.14. The second kappa shape index (κ2) is 9.03. The first-order valence-corrected chi connectivity index (χ1v) is 7.45. The first kappa shape index (κ1) is 18.0. The number of piperidine rings is 1. The fraction of sp³-hybridized carbons (Fsp3) is 0.562. The molecule has 0 bridgehead atoms. The van der Waals surface area contributed by atoms with Gasteiger partial charge >= 0.3 is 0 Å². The second-order valence-corrected chi connectivity index (χ2v) is 5.58. The highest BCUT2D eigenvalue weighted by atomic mass is 35.5. The van der Waals surface area contributed by atoms with E-state index in [0.29, 0.717) is 19.0 Å². The molecule has 3 N–H and O–H groups in total. The van der Waals surface area contributed by atoms with Gasteiger partial charge in [0.25, 0.3) is 0 Å². The van der Waals surface area contributed by atoms with Gasteiger partial charge in [0.1, 0.15) is 0 Å². The van der Waals surface area contributed by atoms with Crippen LogP contribution in [0.3, 0.4) is 0 Å². The average molecular weight is 312 g/mol. The van der Waals surface area contributed by atoms with Crippen LogP contribution in [0.1, 0.15) is 30.4 Å². The highest BCUT2D eigenvalue weighted by molar-refractivity contribution is 5.85. The van der Waals surface area contributed by atoms with Gasteiger partial charge in [-0.3, -0.25) is 9.69 Å². The van der Waals surface area contributed by atoms with Crippen LogP contribution >= 0.6 is 12.4 Å². The minimum Gasteiger partial charge on any atom is -0.353 e. The number of carbonyl (C=O) groups is 1. The van der Waals surface area contributed by atoms with Gasteiger partial charge in [-0.2, -0.15) is 0 Å². The molecule has 1 fully saturated rings. The van der Waals surface area contributed by atoms with Gasteiger partial charge in [0.15, 0.2) is 0 Å². The van der Waals surface area contributed by atoms with Crippen molar-refractivity contribution < 1.29 is 4.79 Å². The topological polar surface area (TPSA) is 58.4 Å². The lowest BCUT2D eigenvalue weighted by molar-refractivity contribution is -0.121. The predicted molar refractivity (Wildman–Crippen MR) is 88.5 cm³/mol. The van der Waals surface area contributed by atoms with Crippen molar-refractivity contribution in [3.05, 3.63) is 35.4 Å². The molecule has 1 aliphatic rings. The summed E-state index contributed by atoms with van der Waals surface area (Å²) in [7, 11) is 0. The Balaban J connectivity index is 0.00000220. The number of nitrogens with one attached hydrogen (secondary N) is 1. The number of nitrogens with two attached hydrogens (primary N) is 1. The molecule has 1 saturated heterocycles. The molecular weight excluding hydrogens is 286 g/mol. The first-order chi connectivity index (χ1) is 9.69. The smallest absolute Gasteiger partial charge is 0.221 e. The normalized spacial score (nSPS) is 16.3. The summed E-state index contributed by atoms with van der Waals surface area (Å²) in [6.45, 7) is 5.69. The number of hydrogen-bond acceptors (Lipinski definition) is 3. The molecule has 0 atom stereocenters. The van der Waals surface area contributed by atoms with E-state index in [0.717, 1.165) is 32.5 Å². The van der Waals surface area contributed by atoms with Crippen LogP contribution in [0.4, 0.5) is 0 Å². The van der Waals surface area contributed by atoms with E-state index in [1.807, 2.05) is 0 Å². The number of benzene rings is 1. The Hall–Kier alpha value is -1.10. The summed E-state index contributed by atoms with van der Waals surface area (Å²) in [6, 6.07) is 8.86. The molecule has 1 heterocycles. The van der Waals surface area contributed by atoms with Crippen molar-refractivity contribution in [2.45, 2.75) is 38.8 Å². The number of aryl methyl sites for hydroxylation is 1. The summed E-state index contributed by atoms with van der Waals surface area (Å²) in [5, 5.41) is 3.07. The van der Waals surface area contributed by atoms with Crippen LogP contribution in [0.5, 0.6) is 0 Å². The molecule has 1 aromatic rings. The summed E-state index contributed by atoms with van der Waals surface area (Å²) in [4.78, 5) is 14.0. The van der Waals surface area contributed by atoms with E-state index < -0.39 is 0 Å². The van der Waals surface area contributed by atoms with Crippen molar-refractivity contribution >= 4 is 18.3 Å². The maximum Gasteiger partial charge on any atom is 0.221 e. The Morgan fingerprint density at radius 1 is 1.33 bits per heavy atom. The van der Waals surface area contributed by atoms with Gasteiger partial charge in [-0.1, -0.05) is 24.3 Å². The average Bonchev–Trinajstić information content (AvgIpc) is 2.44. The monoisotopic (exact) mass is 311 g/mol. The Morgan fingerprint density at radius 3 is 2.62 bits per heavy atom. The Kier molecular flexibility index (Phi) is 7.72. The van der Waals surface area contributed by atoms with Gasteiger partial charge in [-0.05, 0) is 30.9 Å². The van der Waals surface area contributed by atoms with Crippen molar-refractivity contribution in [3.63, 3.8) is 0 Å². The molecule has 1 amide bonds. The highest BCUT2D eigenvalue weighted by Crippen LogP contribution is 2.16. The molecule has 0 aliphatic carbocycles. The zero-order valence-electron chi connectivity index (χ0n) is 12.7. The molecule has 0 unspecified atom stereocenters. The van der Waals surface area contributed by atoms with Crippen molar-refractivity contribution in [1.29, 1.82) is 0 Å². The number of likely N-dealkylation sites (tertiary alicyclic amines) is 1. The molecule has 2 rings (SSSR count). The molecule has 0 spiro atoms. The quantitative estimate of drug-likeness (QED) is 0.872. The maximum absolute atomic E-state index is 11.5. The molecule has 0 radical (unpaired) electrons. The highest BCUT2D eigenvalue weighted by Gasteiger charge is 2.20. The van der Waals surface area contributed by atoms with E-state index in [-0.39, 0.29) is 18.3 Å². The van der Waals surface area contributed by atoms with Crippen molar-refractivity contribution in [3.8, 4) is 0 Å². The zero-order valence-corrected chi connectivity index (χ0v) is 13.5. The van der Waals surface area contributed by atoms with Crippen LogP contribution < -0.4 is 11.1 Å². The van der Waals surface area contributed by atoms with Gasteiger partial charge in [-0.25, -0.2) is 0 Å². The fourth-order valence-corrected chi connectivity index (χ4v) is 2.69. The minimum atomic E-state index is 0. The van der Waals surface area contributed by atoms with Crippen LogP contribution in [0.25, 0.3) is 0 Å². The van der Waals surface area contributed by atoms with Crippen LogP contribution in [0.15, 0.2) is 24.3 Å². The fourth-order valence-electron chi connectivity index (χ4n) is 2.69. The van der Waals surface area contributed by atoms with Crippen molar-refractivity contribution in [2.75, 3.05) is 19.6 Å². The van der Waals surface area contributed by atoms with E-state index in [4.69, 9.17) is 5.73 Å². The molecule has 21 heavy (non-hydrogen) atoms. The van der Waals surface area contributed by atoms with Crippen molar-refractivity contribution in [1.82, 2.24) is 10.2 Å². The van der Waals surface area contributed by atoms with Gasteiger partial charge < -0.3 is 11.1 Å². The third-order valence-electron chi connectivity index (χ3n) is 3.98. The number of nitrogens with zero attached hydrogens (tertiary/aromatic N) is 1. The predicted octanol–water partition coefficient (Wildman–Crippen LogP) is 1.85. The van der Waals surface area contributed by atoms with Gasteiger partial charge in [0.05, 0.1) is 0 Å². The summed E-state index contributed by atoms with van der Waals surface area (Å²) < 4.78 is 0. The number of rotatable bonds is 5. The minimum absolute atomic E-state index is 0. The van der Waals surface area contributed by atoms with Crippen molar-refractivity contribution in [2.24, 2.45) is 5.73 Å². The van der Waals surface area contributed by atoms with E-state index in [1.165, 1.54) is 11.1 Å².